The summed E-state index contributed by atoms with van der Waals surface area (Å²) < 4.78 is 23.0. The van der Waals surface area contributed by atoms with E-state index in [0.29, 0.717) is 0 Å². The molecule has 0 heterocycles. The van der Waals surface area contributed by atoms with Crippen LogP contribution in [0.15, 0.2) is 35.2 Å². The molecule has 16 heavy (non-hydrogen) atoms. The number of sulfone groups is 1. The van der Waals surface area contributed by atoms with E-state index in [1.165, 1.54) is 12.1 Å². The Morgan fingerprint density at radius 3 is 2.19 bits per heavy atom. The van der Waals surface area contributed by atoms with Crippen LogP contribution in [0.25, 0.3) is 0 Å². The van der Waals surface area contributed by atoms with Crippen LogP contribution in [-0.2, 0) is 14.6 Å². The van der Waals surface area contributed by atoms with Crippen LogP contribution in [0.2, 0.25) is 0 Å². The third-order valence-corrected chi connectivity index (χ3v) is 3.22. The molecule has 8 heteroatoms. The molecule has 0 bridgehead atoms. The summed E-state index contributed by atoms with van der Waals surface area (Å²) in [4.78, 5) is 10.9. The summed E-state index contributed by atoms with van der Waals surface area (Å²) in [6, 6.07) is 7.74. The number of amides is 1. The number of hydrogen-bond donors (Lipinski definition) is 2. The second kappa shape index (κ2) is 7.77. The van der Waals surface area contributed by atoms with Gasteiger partial charge in [0.25, 0.3) is 0 Å². The molecule has 0 aromatic heterocycles. The molecule has 0 aliphatic rings. The minimum Gasteiger partial charge on any atom is -0.412 e. The number of carbonyl (C=O) groups is 1. The van der Waals surface area contributed by atoms with E-state index in [4.69, 9.17) is 5.84 Å². The van der Waals surface area contributed by atoms with E-state index in [1.807, 2.05) is 0 Å². The zero-order chi connectivity index (χ0) is 10.6. The SMILES string of the molecule is NNC(=O)CS(=O)(=O)c1ccccc1.O.[Na]. The number of carbonyl (C=O) groups excluding carboxylic acids is 1. The first kappa shape index (κ1) is 17.9. The zero-order valence-corrected chi connectivity index (χ0v) is 11.6. The van der Waals surface area contributed by atoms with E-state index in [9.17, 15) is 13.2 Å². The van der Waals surface area contributed by atoms with Crippen LogP contribution < -0.4 is 11.3 Å². The number of nitrogens with one attached hydrogen (secondary N) is 1. The van der Waals surface area contributed by atoms with Crippen LogP contribution in [0, 0.1) is 0 Å². The summed E-state index contributed by atoms with van der Waals surface area (Å²) >= 11 is 0. The Labute approximate surface area is 116 Å². The molecule has 0 saturated heterocycles. The Bertz CT molecular complexity index is 421. The van der Waals surface area contributed by atoms with Crippen LogP contribution in [0.3, 0.4) is 0 Å². The number of hydrazine groups is 1. The maximum atomic E-state index is 11.5. The van der Waals surface area contributed by atoms with Gasteiger partial charge in [-0.05, 0) is 12.1 Å². The minimum absolute atomic E-state index is 0. The van der Waals surface area contributed by atoms with Crippen molar-refractivity contribution in [2.45, 2.75) is 4.90 Å². The van der Waals surface area contributed by atoms with E-state index in [0.717, 1.165) is 0 Å². The van der Waals surface area contributed by atoms with Crippen LogP contribution in [-0.4, -0.2) is 55.1 Å². The predicted molar refractivity (Wildman–Crippen MR) is 60.2 cm³/mol. The minimum atomic E-state index is -3.56. The van der Waals surface area contributed by atoms with Gasteiger partial charge in [0.15, 0.2) is 9.84 Å². The number of rotatable bonds is 3. The average molecular weight is 255 g/mol. The summed E-state index contributed by atoms with van der Waals surface area (Å²) in [5.74, 6) is 3.43. The summed E-state index contributed by atoms with van der Waals surface area (Å²) in [6.45, 7) is 0. The number of hydrogen-bond acceptors (Lipinski definition) is 4. The molecule has 0 spiro atoms. The quantitative estimate of drug-likeness (QED) is 0.288. The van der Waals surface area contributed by atoms with Gasteiger partial charge in [-0.1, -0.05) is 18.2 Å². The van der Waals surface area contributed by atoms with Gasteiger partial charge in [0.05, 0.1) is 4.90 Å². The Morgan fingerprint density at radius 2 is 1.75 bits per heavy atom. The first-order valence-corrected chi connectivity index (χ1v) is 5.49. The van der Waals surface area contributed by atoms with Crippen LogP contribution in [0.1, 0.15) is 0 Å². The molecule has 1 aromatic carbocycles. The Balaban J connectivity index is 0. The fraction of sp³-hybridized carbons (Fsp3) is 0.125. The van der Waals surface area contributed by atoms with Crippen molar-refractivity contribution in [2.24, 2.45) is 5.84 Å². The smallest absolute Gasteiger partial charge is 0.249 e. The predicted octanol–water partition coefficient (Wildman–Crippen LogP) is -1.76. The van der Waals surface area contributed by atoms with E-state index in [-0.39, 0.29) is 39.9 Å². The van der Waals surface area contributed by atoms with Crippen LogP contribution in [0.4, 0.5) is 0 Å². The summed E-state index contributed by atoms with van der Waals surface area (Å²) in [5.41, 5.74) is 1.77. The molecule has 6 nitrogen and oxygen atoms in total. The third kappa shape index (κ3) is 5.06. The molecule has 1 radical (unpaired) electrons. The first-order chi connectivity index (χ1) is 6.56. The summed E-state index contributed by atoms with van der Waals surface area (Å²) in [6.07, 6.45) is 0. The zero-order valence-electron chi connectivity index (χ0n) is 8.80. The summed E-state index contributed by atoms with van der Waals surface area (Å²) in [7, 11) is -3.56. The Hall–Kier alpha value is -0.440. The van der Waals surface area contributed by atoms with Gasteiger partial charge in [-0.15, -0.1) is 0 Å². The molecule has 0 atom stereocenters. The first-order valence-electron chi connectivity index (χ1n) is 3.83. The molecule has 0 saturated carbocycles. The Kier molecular flexibility index (Phi) is 8.71. The maximum absolute atomic E-state index is 11.5. The van der Waals surface area contributed by atoms with Gasteiger partial charge in [0, 0.05) is 29.6 Å². The van der Waals surface area contributed by atoms with Gasteiger partial charge in [-0.3, -0.25) is 10.2 Å². The Morgan fingerprint density at radius 1 is 1.25 bits per heavy atom. The monoisotopic (exact) mass is 255 g/mol. The summed E-state index contributed by atoms with van der Waals surface area (Å²) in [5, 5.41) is 0. The normalized spacial score (nSPS) is 9.56. The van der Waals surface area contributed by atoms with Crippen molar-refractivity contribution in [3.8, 4) is 0 Å². The van der Waals surface area contributed by atoms with Gasteiger partial charge in [0.1, 0.15) is 5.75 Å². The maximum Gasteiger partial charge on any atom is 0.249 e. The molecule has 0 aliphatic carbocycles. The standard InChI is InChI=1S/C8H10N2O3S.Na.H2O/c9-10-8(11)6-14(12,13)7-4-2-1-3-5-7;;/h1-5H,6,9H2,(H,10,11);;1H2. The number of nitrogens with two attached hydrogens (primary N) is 1. The molecule has 0 aliphatic heterocycles. The van der Waals surface area contributed by atoms with Crippen LogP contribution in [0.5, 0.6) is 0 Å². The topological polar surface area (TPSA) is 121 Å². The van der Waals surface area contributed by atoms with Gasteiger partial charge in [-0.25, -0.2) is 14.3 Å². The fourth-order valence-electron chi connectivity index (χ4n) is 0.925. The second-order valence-corrected chi connectivity index (χ2v) is 4.63. The third-order valence-electron chi connectivity index (χ3n) is 1.58. The molecule has 1 rings (SSSR count). The van der Waals surface area contributed by atoms with E-state index in [1.54, 1.807) is 23.6 Å². The van der Waals surface area contributed by atoms with Gasteiger partial charge < -0.3 is 5.48 Å². The van der Waals surface area contributed by atoms with Crippen molar-refractivity contribution in [1.82, 2.24) is 5.43 Å². The number of benzene rings is 1. The molecule has 0 unspecified atom stereocenters. The van der Waals surface area contributed by atoms with Gasteiger partial charge in [-0.2, -0.15) is 0 Å². The van der Waals surface area contributed by atoms with Gasteiger partial charge in [0.2, 0.25) is 5.91 Å². The van der Waals surface area contributed by atoms with Crippen LogP contribution >= 0.6 is 0 Å². The largest absolute Gasteiger partial charge is 0.412 e. The molecule has 0 fully saturated rings. The molecule has 5 N–H and O–H groups in total. The van der Waals surface area contributed by atoms with Crippen molar-refractivity contribution >= 4 is 45.3 Å². The average Bonchev–Trinajstić information content (AvgIpc) is 2.18. The van der Waals surface area contributed by atoms with E-state index in [2.05, 4.69) is 0 Å². The van der Waals surface area contributed by atoms with Crippen molar-refractivity contribution in [2.75, 3.05) is 5.75 Å². The fourth-order valence-corrected chi connectivity index (χ4v) is 2.09. The van der Waals surface area contributed by atoms with Crippen molar-refractivity contribution < 1.29 is 18.7 Å². The van der Waals surface area contributed by atoms with Crippen molar-refractivity contribution in [3.05, 3.63) is 30.3 Å². The molecular formula is C8H12N2NaO4S. The molecule has 85 valence electrons. The molecule has 1 aromatic rings. The second-order valence-electron chi connectivity index (χ2n) is 2.64. The molecule has 1 amide bonds. The van der Waals surface area contributed by atoms with Gasteiger partial charge >= 0.3 is 0 Å². The van der Waals surface area contributed by atoms with E-state index < -0.39 is 21.5 Å². The van der Waals surface area contributed by atoms with Crippen molar-refractivity contribution in [1.29, 1.82) is 0 Å². The van der Waals surface area contributed by atoms with Crippen molar-refractivity contribution in [3.63, 3.8) is 0 Å². The molecular weight excluding hydrogens is 243 g/mol. The van der Waals surface area contributed by atoms with E-state index >= 15 is 0 Å².